The average Bonchev–Trinajstić information content (AvgIpc) is 2.63. The fourth-order valence-electron chi connectivity index (χ4n) is 2.42. The van der Waals surface area contributed by atoms with Gasteiger partial charge in [0.1, 0.15) is 0 Å². The quantitative estimate of drug-likeness (QED) is 0.689. The van der Waals surface area contributed by atoms with Crippen LogP contribution < -0.4 is 5.32 Å². The maximum absolute atomic E-state index is 12.2. The Labute approximate surface area is 146 Å². The van der Waals surface area contributed by atoms with Crippen LogP contribution in [0.4, 0.5) is 0 Å². The van der Waals surface area contributed by atoms with E-state index in [-0.39, 0.29) is 11.7 Å². The molecule has 0 aliphatic heterocycles. The van der Waals surface area contributed by atoms with Gasteiger partial charge in [0.25, 0.3) is 5.91 Å². The van der Waals surface area contributed by atoms with Gasteiger partial charge in [-0.3, -0.25) is 4.79 Å². The summed E-state index contributed by atoms with van der Waals surface area (Å²) < 4.78 is 5.91. The van der Waals surface area contributed by atoms with Gasteiger partial charge in [-0.2, -0.15) is 0 Å². The highest BCUT2D eigenvalue weighted by Crippen LogP contribution is 2.19. The number of hydrogen-bond donors (Lipinski definition) is 1. The molecule has 1 aromatic heterocycles. The molecule has 120 valence electrons. The monoisotopic (exact) mass is 335 g/mol. The summed E-state index contributed by atoms with van der Waals surface area (Å²) >= 11 is 5.16. The first-order chi connectivity index (χ1) is 11.6. The van der Waals surface area contributed by atoms with Crippen LogP contribution in [0.3, 0.4) is 0 Å². The van der Waals surface area contributed by atoms with Crippen molar-refractivity contribution in [3.05, 3.63) is 88.3 Å². The van der Waals surface area contributed by atoms with Crippen LogP contribution in [-0.4, -0.2) is 5.91 Å². The number of hydrogen-bond acceptors (Lipinski definition) is 3. The summed E-state index contributed by atoms with van der Waals surface area (Å²) in [5.74, 6) is 0.00902. The minimum Gasteiger partial charge on any atom is -0.459 e. The molecule has 0 unspecified atom stereocenters. The van der Waals surface area contributed by atoms with E-state index in [2.05, 4.69) is 29.6 Å². The van der Waals surface area contributed by atoms with Crippen LogP contribution in [0.2, 0.25) is 0 Å². The minimum absolute atomic E-state index is 0.258. The Hall–Kier alpha value is -2.72. The van der Waals surface area contributed by atoms with Gasteiger partial charge in [-0.1, -0.05) is 66.8 Å². The number of amides is 1. The Morgan fingerprint density at radius 1 is 1.00 bits per heavy atom. The molecule has 1 heterocycles. The van der Waals surface area contributed by atoms with Crippen molar-refractivity contribution in [3.8, 4) is 11.1 Å². The van der Waals surface area contributed by atoms with Gasteiger partial charge >= 0.3 is 0 Å². The molecule has 3 aromatic rings. The molecule has 0 aliphatic carbocycles. The van der Waals surface area contributed by atoms with Crippen molar-refractivity contribution in [2.75, 3.05) is 0 Å². The second-order valence-electron chi connectivity index (χ2n) is 5.48. The van der Waals surface area contributed by atoms with Gasteiger partial charge in [-0.15, -0.1) is 0 Å². The zero-order valence-electron chi connectivity index (χ0n) is 13.3. The number of nitrogens with one attached hydrogen (secondary N) is 1. The van der Waals surface area contributed by atoms with Crippen molar-refractivity contribution >= 4 is 18.1 Å². The lowest BCUT2D eigenvalue weighted by atomic mass is 10.0. The molecule has 0 spiro atoms. The van der Waals surface area contributed by atoms with Gasteiger partial charge in [0.05, 0.1) is 6.26 Å². The Bertz CT molecular complexity index is 899. The first kappa shape index (κ1) is 16.1. The van der Waals surface area contributed by atoms with Crippen LogP contribution in [0, 0.1) is 11.4 Å². The van der Waals surface area contributed by atoms with Gasteiger partial charge < -0.3 is 9.73 Å². The summed E-state index contributed by atoms with van der Waals surface area (Å²) in [6.45, 7) is 2.22. The third-order valence-corrected chi connectivity index (χ3v) is 4.28. The predicted octanol–water partition coefficient (Wildman–Crippen LogP) is 4.91. The molecule has 1 amide bonds. The van der Waals surface area contributed by atoms with E-state index in [4.69, 9.17) is 16.6 Å². The van der Waals surface area contributed by atoms with Crippen LogP contribution in [0.1, 0.15) is 21.7 Å². The van der Waals surface area contributed by atoms with E-state index in [1.807, 2.05) is 30.3 Å². The molecular formula is C20H17NO2S. The summed E-state index contributed by atoms with van der Waals surface area (Å²) in [4.78, 5) is 12.2. The van der Waals surface area contributed by atoms with Crippen LogP contribution in [0.5, 0.6) is 0 Å². The lowest BCUT2D eigenvalue weighted by Gasteiger charge is -2.08. The summed E-state index contributed by atoms with van der Waals surface area (Å²) in [7, 11) is 0. The van der Waals surface area contributed by atoms with E-state index in [1.165, 1.54) is 11.8 Å². The number of carbonyl (C=O) groups is 1. The standard InChI is InChI=1S/C20H17NO2S/c1-14-18(24)11-12-23-19(14)20(22)21-13-15-7-9-17(10-8-15)16-5-3-2-4-6-16/h2-12H,13H2,1H3,(H,21,22). The lowest BCUT2D eigenvalue weighted by Crippen LogP contribution is -2.23. The first-order valence-corrected chi connectivity index (χ1v) is 8.07. The summed E-state index contributed by atoms with van der Waals surface area (Å²) in [6.07, 6.45) is 1.44. The van der Waals surface area contributed by atoms with E-state index in [0.29, 0.717) is 16.6 Å². The number of benzene rings is 2. The van der Waals surface area contributed by atoms with E-state index in [9.17, 15) is 4.79 Å². The van der Waals surface area contributed by atoms with E-state index < -0.39 is 0 Å². The highest BCUT2D eigenvalue weighted by atomic mass is 32.1. The fraction of sp³-hybridized carbons (Fsp3) is 0.100. The fourth-order valence-corrected chi connectivity index (χ4v) is 2.57. The smallest absolute Gasteiger partial charge is 0.287 e. The third-order valence-electron chi connectivity index (χ3n) is 3.84. The second-order valence-corrected chi connectivity index (χ2v) is 5.92. The van der Waals surface area contributed by atoms with Crippen LogP contribution >= 0.6 is 12.2 Å². The summed E-state index contributed by atoms with van der Waals surface area (Å²) in [5, 5.41) is 2.86. The van der Waals surface area contributed by atoms with Gasteiger partial charge in [0, 0.05) is 16.6 Å². The molecule has 0 saturated heterocycles. The number of rotatable bonds is 4. The van der Waals surface area contributed by atoms with Gasteiger partial charge in [-0.05, 0) is 29.7 Å². The zero-order valence-corrected chi connectivity index (χ0v) is 14.1. The summed E-state index contributed by atoms with van der Waals surface area (Å²) in [5.41, 5.74) is 4.03. The van der Waals surface area contributed by atoms with E-state index >= 15 is 0 Å². The molecule has 0 saturated carbocycles. The molecule has 0 bridgehead atoms. The molecule has 0 fully saturated rings. The molecular weight excluding hydrogens is 318 g/mol. The number of carbonyl (C=O) groups excluding carboxylic acids is 1. The Balaban J connectivity index is 1.68. The molecule has 3 nitrogen and oxygen atoms in total. The summed E-state index contributed by atoms with van der Waals surface area (Å²) in [6, 6.07) is 20.0. The SMILES string of the molecule is Cc1c(C(=O)NCc2ccc(-c3ccccc3)cc2)occc1=S. The van der Waals surface area contributed by atoms with Crippen molar-refractivity contribution < 1.29 is 9.21 Å². The van der Waals surface area contributed by atoms with Gasteiger partial charge in [-0.25, -0.2) is 0 Å². The van der Waals surface area contributed by atoms with E-state index in [0.717, 1.165) is 11.1 Å². The average molecular weight is 335 g/mol. The second kappa shape index (κ2) is 7.23. The van der Waals surface area contributed by atoms with Gasteiger partial charge in [0.2, 0.25) is 0 Å². The molecule has 3 rings (SSSR count). The largest absolute Gasteiger partial charge is 0.459 e. The highest BCUT2D eigenvalue weighted by Gasteiger charge is 2.12. The Morgan fingerprint density at radius 2 is 1.67 bits per heavy atom. The van der Waals surface area contributed by atoms with Crippen molar-refractivity contribution in [3.63, 3.8) is 0 Å². The Kier molecular flexibility index (Phi) is 4.87. The van der Waals surface area contributed by atoms with Crippen LogP contribution in [0.25, 0.3) is 11.1 Å². The molecule has 2 aromatic carbocycles. The molecule has 0 atom stereocenters. The Morgan fingerprint density at radius 3 is 2.38 bits per heavy atom. The van der Waals surface area contributed by atoms with Crippen LogP contribution in [-0.2, 0) is 6.54 Å². The van der Waals surface area contributed by atoms with E-state index in [1.54, 1.807) is 13.0 Å². The highest BCUT2D eigenvalue weighted by molar-refractivity contribution is 7.71. The van der Waals surface area contributed by atoms with Crippen LogP contribution in [0.15, 0.2) is 71.3 Å². The maximum Gasteiger partial charge on any atom is 0.287 e. The van der Waals surface area contributed by atoms with Crippen molar-refractivity contribution in [2.24, 2.45) is 0 Å². The maximum atomic E-state index is 12.2. The minimum atomic E-state index is -0.258. The van der Waals surface area contributed by atoms with Crippen molar-refractivity contribution in [1.82, 2.24) is 5.32 Å². The third kappa shape index (κ3) is 3.60. The first-order valence-electron chi connectivity index (χ1n) is 7.66. The molecule has 0 radical (unpaired) electrons. The predicted molar refractivity (Wildman–Crippen MR) is 97.3 cm³/mol. The molecule has 0 aliphatic rings. The molecule has 24 heavy (non-hydrogen) atoms. The van der Waals surface area contributed by atoms with Crippen molar-refractivity contribution in [2.45, 2.75) is 13.5 Å². The molecule has 4 heteroatoms. The zero-order chi connectivity index (χ0) is 16.9. The topological polar surface area (TPSA) is 42.2 Å². The van der Waals surface area contributed by atoms with Gasteiger partial charge in [0.15, 0.2) is 5.76 Å². The molecule has 1 N–H and O–H groups in total. The normalized spacial score (nSPS) is 10.4. The lowest BCUT2D eigenvalue weighted by molar-refractivity contribution is 0.0919. The van der Waals surface area contributed by atoms with Crippen molar-refractivity contribution in [1.29, 1.82) is 0 Å².